The molecule has 0 fully saturated rings. The fourth-order valence-electron chi connectivity index (χ4n) is 0.861. The van der Waals surface area contributed by atoms with Crippen LogP contribution in [-0.4, -0.2) is 11.3 Å². The lowest BCUT2D eigenvalue weighted by Crippen LogP contribution is -2.21. The number of hydrogen-bond acceptors (Lipinski definition) is 2. The third-order valence-electron chi connectivity index (χ3n) is 1.06. The summed E-state index contributed by atoms with van der Waals surface area (Å²) in [4.78, 5) is 10.8. The number of ether oxygens (including phenoxy) is 1. The Balaban J connectivity index is 4.32. The topological polar surface area (TPSA) is 26.3 Å². The molecule has 0 N–H and O–H groups in total. The minimum absolute atomic E-state index is 0.412. The van der Waals surface area contributed by atoms with Crippen LogP contribution in [0.4, 0.5) is 0 Å². The Hall–Kier alpha value is -0.620. The van der Waals surface area contributed by atoms with Gasteiger partial charge in [0, 0.05) is 6.08 Å². The molecule has 3 heteroatoms. The predicted octanol–water partition coefficient (Wildman–Crippen LogP) is 2.27. The van der Waals surface area contributed by atoms with E-state index in [1.165, 1.54) is 0 Å². The molecule has 2 atom stereocenters. The van der Waals surface area contributed by atoms with Gasteiger partial charge in [-0.25, -0.2) is 4.79 Å². The van der Waals surface area contributed by atoms with Crippen LogP contribution in [0.5, 0.6) is 0 Å². The monoisotopic (exact) mass is 186 g/mol. The van der Waals surface area contributed by atoms with Crippen molar-refractivity contribution in [1.29, 1.82) is 0 Å². The van der Waals surface area contributed by atoms with Crippen molar-refractivity contribution in [3.05, 3.63) is 24.3 Å². The van der Waals surface area contributed by atoms with Gasteiger partial charge in [-0.1, -0.05) is 21.4 Å². The number of rotatable bonds is 3. The Morgan fingerprint density at radius 1 is 1.58 bits per heavy atom. The van der Waals surface area contributed by atoms with E-state index in [1.807, 2.05) is 19.9 Å². The fraction of sp³-hybridized carbons (Fsp3) is 0.444. The van der Waals surface area contributed by atoms with Crippen molar-refractivity contribution in [2.45, 2.75) is 26.1 Å². The van der Waals surface area contributed by atoms with Crippen molar-refractivity contribution >= 4 is 15.2 Å². The second kappa shape index (κ2) is 4.42. The van der Waals surface area contributed by atoms with Crippen molar-refractivity contribution in [2.24, 2.45) is 0 Å². The smallest absolute Gasteiger partial charge is 0.331 e. The van der Waals surface area contributed by atoms with Crippen LogP contribution < -0.4 is 0 Å². The second-order valence-corrected chi connectivity index (χ2v) is 4.18. The highest BCUT2D eigenvalue weighted by Gasteiger charge is 2.17. The van der Waals surface area contributed by atoms with Crippen LogP contribution in [0, 0.1) is 0 Å². The van der Waals surface area contributed by atoms with Gasteiger partial charge in [0.05, 0.1) is 0 Å². The highest BCUT2D eigenvalue weighted by Crippen LogP contribution is 2.22. The minimum Gasteiger partial charge on any atom is -0.448 e. The van der Waals surface area contributed by atoms with Gasteiger partial charge in [0.25, 0.3) is 0 Å². The Labute approximate surface area is 75.9 Å². The van der Waals surface area contributed by atoms with E-state index in [1.54, 1.807) is 6.92 Å². The van der Waals surface area contributed by atoms with E-state index in [4.69, 9.17) is 4.74 Å². The van der Waals surface area contributed by atoms with E-state index in [0.717, 1.165) is 11.6 Å². The maximum absolute atomic E-state index is 10.8. The van der Waals surface area contributed by atoms with Gasteiger partial charge >= 0.3 is 5.97 Å². The third kappa shape index (κ3) is 5.09. The Morgan fingerprint density at radius 3 is 2.42 bits per heavy atom. The van der Waals surface area contributed by atoms with Crippen LogP contribution in [-0.2, 0) is 9.53 Å². The molecule has 2 nitrogen and oxygen atoms in total. The summed E-state index contributed by atoms with van der Waals surface area (Å²) in [5.41, 5.74) is 1.10. The maximum atomic E-state index is 10.8. The summed E-state index contributed by atoms with van der Waals surface area (Å²) < 4.78 is 5.03. The minimum atomic E-state index is -0.621. The number of allylic oxidation sites excluding steroid dienone is 1. The van der Waals surface area contributed by atoms with Crippen molar-refractivity contribution in [1.82, 2.24) is 0 Å². The molecule has 12 heavy (non-hydrogen) atoms. The summed E-state index contributed by atoms with van der Waals surface area (Å²) in [6.45, 7) is 9.01. The van der Waals surface area contributed by atoms with Gasteiger partial charge in [0.15, 0.2) is 0 Å². The zero-order valence-electron chi connectivity index (χ0n) is 7.76. The summed E-state index contributed by atoms with van der Waals surface area (Å²) in [6, 6.07) is 0. The summed E-state index contributed by atoms with van der Waals surface area (Å²) >= 11 is 0. The first kappa shape index (κ1) is 11.4. The van der Waals surface area contributed by atoms with E-state index >= 15 is 0 Å². The van der Waals surface area contributed by atoms with Crippen LogP contribution in [0.1, 0.15) is 20.8 Å². The molecule has 0 saturated heterocycles. The molecule has 0 bridgehead atoms. The molecule has 0 spiro atoms. The molecular weight excluding hydrogens is 171 g/mol. The van der Waals surface area contributed by atoms with Gasteiger partial charge in [-0.2, -0.15) is 0 Å². The fourth-order valence-corrected chi connectivity index (χ4v) is 1.31. The summed E-state index contributed by atoms with van der Waals surface area (Å²) in [7, 11) is 2.47. The van der Waals surface area contributed by atoms with Crippen molar-refractivity contribution < 1.29 is 9.53 Å². The molecule has 0 radical (unpaired) electrons. The maximum Gasteiger partial charge on any atom is 0.331 e. The molecule has 0 aliphatic heterocycles. The Bertz CT molecular complexity index is 213. The highest BCUT2D eigenvalue weighted by molar-refractivity contribution is 7.19. The Morgan fingerprint density at radius 2 is 2.08 bits per heavy atom. The molecule has 68 valence electrons. The summed E-state index contributed by atoms with van der Waals surface area (Å²) in [6.07, 6.45) is 3.01. The number of carbonyl (C=O) groups excluding carboxylic acids is 1. The molecule has 0 aromatic carbocycles. The first-order chi connectivity index (χ1) is 5.37. The van der Waals surface area contributed by atoms with E-state index in [9.17, 15) is 4.79 Å². The van der Waals surface area contributed by atoms with Gasteiger partial charge in [-0.15, -0.1) is 0 Å². The lowest BCUT2D eigenvalue weighted by atomic mass is 10.2. The normalized spacial score (nSPS) is 14.3. The average molecular weight is 186 g/mol. The molecule has 0 rings (SSSR count). The molecule has 2 unspecified atom stereocenters. The molecule has 0 saturated carbocycles. The molecule has 0 aliphatic rings. The predicted molar refractivity (Wildman–Crippen MR) is 53.8 cm³/mol. The van der Waals surface area contributed by atoms with Crippen LogP contribution in [0.25, 0.3) is 0 Å². The first-order valence-corrected chi connectivity index (χ1v) is 4.25. The standard InChI is InChI=1S/C9H15O2P/c1-5-8(10)11-9(4,12)6-7(2)3/h5-6H,1,12H2,2-4H3. The largest absolute Gasteiger partial charge is 0.448 e. The average Bonchev–Trinajstić information content (AvgIpc) is 1.83. The SMILES string of the molecule is C=CC(=O)OC(C)(P)C=C(C)C. The quantitative estimate of drug-likeness (QED) is 0.292. The van der Waals surface area contributed by atoms with Crippen molar-refractivity contribution in [3.63, 3.8) is 0 Å². The zero-order chi connectivity index (χ0) is 9.78. The van der Waals surface area contributed by atoms with E-state index in [2.05, 4.69) is 15.8 Å². The van der Waals surface area contributed by atoms with Gasteiger partial charge in [-0.05, 0) is 26.8 Å². The molecule has 0 aromatic heterocycles. The van der Waals surface area contributed by atoms with Gasteiger partial charge in [0.2, 0.25) is 0 Å². The van der Waals surface area contributed by atoms with Crippen LogP contribution in [0.2, 0.25) is 0 Å². The summed E-state index contributed by atoms with van der Waals surface area (Å²) in [5, 5.41) is -0.621. The van der Waals surface area contributed by atoms with E-state index in [-0.39, 0.29) is 0 Å². The van der Waals surface area contributed by atoms with Crippen LogP contribution >= 0.6 is 9.24 Å². The van der Waals surface area contributed by atoms with Crippen molar-refractivity contribution in [3.8, 4) is 0 Å². The van der Waals surface area contributed by atoms with Crippen molar-refractivity contribution in [2.75, 3.05) is 0 Å². The molecule has 0 heterocycles. The first-order valence-electron chi connectivity index (χ1n) is 3.68. The molecular formula is C9H15O2P. The van der Waals surface area contributed by atoms with Gasteiger partial charge < -0.3 is 4.74 Å². The molecule has 0 amide bonds. The van der Waals surface area contributed by atoms with Crippen LogP contribution in [0.15, 0.2) is 24.3 Å². The lowest BCUT2D eigenvalue weighted by molar-refractivity contribution is -0.141. The van der Waals surface area contributed by atoms with E-state index < -0.39 is 11.3 Å². The highest BCUT2D eigenvalue weighted by atomic mass is 31.0. The van der Waals surface area contributed by atoms with Gasteiger partial charge in [0.1, 0.15) is 5.34 Å². The number of hydrogen-bond donors (Lipinski definition) is 0. The zero-order valence-corrected chi connectivity index (χ0v) is 8.91. The molecule has 0 aliphatic carbocycles. The van der Waals surface area contributed by atoms with Crippen LogP contribution in [0.3, 0.4) is 0 Å². The second-order valence-electron chi connectivity index (χ2n) is 3.03. The summed E-state index contributed by atoms with van der Waals surface area (Å²) in [5.74, 6) is -0.412. The lowest BCUT2D eigenvalue weighted by Gasteiger charge is -2.20. The van der Waals surface area contributed by atoms with Gasteiger partial charge in [-0.3, -0.25) is 0 Å². The number of esters is 1. The van der Waals surface area contributed by atoms with E-state index in [0.29, 0.717) is 0 Å². The number of carbonyl (C=O) groups is 1. The third-order valence-corrected chi connectivity index (χ3v) is 1.35. The Kier molecular flexibility index (Phi) is 4.19. The molecule has 0 aromatic rings.